The average Bonchev–Trinajstić information content (AvgIpc) is 3.10. The number of hydrogen-bond acceptors (Lipinski definition) is 8. The maximum absolute atomic E-state index is 13.0. The molecule has 2 aliphatic rings. The standard InChI is InChI=1S/C15H13ClF3N5O2S/c1-2-20-9-7(15(17,18)19)4-21-13(23-9)24-10-8(16)22-11(27-10)14-3-6(14)5-26-12(14)25/h4,6H,2-3,5H2,1H3,(H2,20,21,23,24)/t6-,14-/m1/s1. The first-order chi connectivity index (χ1) is 12.8. The molecule has 1 aliphatic heterocycles. The monoisotopic (exact) mass is 419 g/mol. The first kappa shape index (κ1) is 18.2. The number of carbonyl (C=O) groups excluding carboxylic acids is 1. The summed E-state index contributed by atoms with van der Waals surface area (Å²) in [5.74, 6) is -0.606. The highest BCUT2D eigenvalue weighted by atomic mass is 35.5. The largest absolute Gasteiger partial charge is 0.465 e. The van der Waals surface area contributed by atoms with Crippen molar-refractivity contribution in [1.29, 1.82) is 0 Å². The van der Waals surface area contributed by atoms with E-state index in [9.17, 15) is 18.0 Å². The molecule has 2 atom stereocenters. The van der Waals surface area contributed by atoms with E-state index in [2.05, 4.69) is 25.6 Å². The number of rotatable bonds is 5. The summed E-state index contributed by atoms with van der Waals surface area (Å²) in [7, 11) is 0. The number of alkyl halides is 3. The van der Waals surface area contributed by atoms with Crippen LogP contribution in [0.1, 0.15) is 23.9 Å². The van der Waals surface area contributed by atoms with Crippen molar-refractivity contribution < 1.29 is 22.7 Å². The fraction of sp³-hybridized carbons (Fsp3) is 0.467. The minimum absolute atomic E-state index is 0.0603. The number of hydrogen-bond donors (Lipinski definition) is 2. The Morgan fingerprint density at radius 3 is 2.81 bits per heavy atom. The van der Waals surface area contributed by atoms with Gasteiger partial charge in [0, 0.05) is 18.7 Å². The van der Waals surface area contributed by atoms with Gasteiger partial charge in [0.05, 0.1) is 6.61 Å². The van der Waals surface area contributed by atoms with Gasteiger partial charge >= 0.3 is 12.1 Å². The molecule has 0 bridgehead atoms. The van der Waals surface area contributed by atoms with Gasteiger partial charge in [-0.25, -0.2) is 9.97 Å². The topological polar surface area (TPSA) is 89.0 Å². The van der Waals surface area contributed by atoms with Crippen LogP contribution in [0.15, 0.2) is 6.20 Å². The van der Waals surface area contributed by atoms with Crippen molar-refractivity contribution in [3.05, 3.63) is 21.9 Å². The summed E-state index contributed by atoms with van der Waals surface area (Å²) in [6.07, 6.45) is -3.21. The van der Waals surface area contributed by atoms with Gasteiger partial charge in [0.2, 0.25) is 5.95 Å². The van der Waals surface area contributed by atoms with Crippen LogP contribution in [0.4, 0.5) is 29.9 Å². The summed E-state index contributed by atoms with van der Waals surface area (Å²) in [6, 6.07) is 0. The van der Waals surface area contributed by atoms with E-state index in [0.29, 0.717) is 29.2 Å². The van der Waals surface area contributed by atoms with Gasteiger partial charge in [-0.15, -0.1) is 0 Å². The molecule has 7 nitrogen and oxygen atoms in total. The van der Waals surface area contributed by atoms with Crippen molar-refractivity contribution in [2.45, 2.75) is 24.9 Å². The molecule has 144 valence electrons. The van der Waals surface area contributed by atoms with Crippen molar-refractivity contribution in [2.75, 3.05) is 23.8 Å². The van der Waals surface area contributed by atoms with Crippen LogP contribution in [0, 0.1) is 5.92 Å². The Bertz CT molecular complexity index is 921. The minimum Gasteiger partial charge on any atom is -0.465 e. The average molecular weight is 420 g/mol. The number of aromatic nitrogens is 3. The molecule has 0 spiro atoms. The second kappa shape index (κ2) is 6.20. The highest BCUT2D eigenvalue weighted by Gasteiger charge is 2.69. The number of anilines is 3. The second-order valence-electron chi connectivity index (χ2n) is 6.22. The predicted octanol–water partition coefficient (Wildman–Crippen LogP) is 3.60. The number of esters is 1. The Hall–Kier alpha value is -2.14. The van der Waals surface area contributed by atoms with Crippen LogP contribution in [0.25, 0.3) is 0 Å². The maximum Gasteiger partial charge on any atom is 0.421 e. The highest BCUT2D eigenvalue weighted by molar-refractivity contribution is 7.16. The Balaban J connectivity index is 1.62. The highest BCUT2D eigenvalue weighted by Crippen LogP contribution is 2.60. The van der Waals surface area contributed by atoms with Gasteiger partial charge in [-0.2, -0.15) is 18.2 Å². The maximum atomic E-state index is 13.0. The van der Waals surface area contributed by atoms with Gasteiger partial charge in [0.15, 0.2) is 5.15 Å². The van der Waals surface area contributed by atoms with Crippen LogP contribution < -0.4 is 10.6 Å². The smallest absolute Gasteiger partial charge is 0.421 e. The zero-order valence-corrected chi connectivity index (χ0v) is 15.4. The van der Waals surface area contributed by atoms with Crippen molar-refractivity contribution in [3.8, 4) is 0 Å². The molecule has 2 aromatic heterocycles. The molecule has 1 aliphatic carbocycles. The molecule has 1 saturated heterocycles. The normalized spacial score (nSPS) is 23.7. The number of thiazole rings is 1. The number of ether oxygens (including phenoxy) is 1. The molecule has 0 unspecified atom stereocenters. The molecular weight excluding hydrogens is 407 g/mol. The lowest BCUT2D eigenvalue weighted by Crippen LogP contribution is -2.18. The van der Waals surface area contributed by atoms with Gasteiger partial charge in [-0.05, 0) is 13.3 Å². The zero-order valence-electron chi connectivity index (χ0n) is 13.9. The fourth-order valence-electron chi connectivity index (χ4n) is 3.06. The van der Waals surface area contributed by atoms with E-state index < -0.39 is 17.2 Å². The SMILES string of the molecule is CCNc1nc(Nc2sc([C@@]34C[C@@H]3COC4=O)nc2Cl)ncc1C(F)(F)F. The van der Waals surface area contributed by atoms with Crippen LogP contribution in [-0.2, 0) is 21.1 Å². The number of nitrogens with zero attached hydrogens (tertiary/aromatic N) is 3. The summed E-state index contributed by atoms with van der Waals surface area (Å²) in [4.78, 5) is 23.9. The molecule has 4 rings (SSSR count). The lowest BCUT2D eigenvalue weighted by Gasteiger charge is -2.13. The molecule has 2 fully saturated rings. The third kappa shape index (κ3) is 2.98. The van der Waals surface area contributed by atoms with E-state index in [1.54, 1.807) is 6.92 Å². The summed E-state index contributed by atoms with van der Waals surface area (Å²) in [5, 5.41) is 6.35. The summed E-state index contributed by atoms with van der Waals surface area (Å²) in [6.45, 7) is 2.29. The van der Waals surface area contributed by atoms with Crippen LogP contribution in [-0.4, -0.2) is 34.1 Å². The van der Waals surface area contributed by atoms with Crippen LogP contribution in [0.5, 0.6) is 0 Å². The van der Waals surface area contributed by atoms with Gasteiger partial charge in [0.1, 0.15) is 26.8 Å². The summed E-state index contributed by atoms with van der Waals surface area (Å²) < 4.78 is 44.2. The predicted molar refractivity (Wildman–Crippen MR) is 92.3 cm³/mol. The number of cyclic esters (lactones) is 1. The van der Waals surface area contributed by atoms with Gasteiger partial charge < -0.3 is 15.4 Å². The number of halogens is 4. The second-order valence-corrected chi connectivity index (χ2v) is 7.58. The van der Waals surface area contributed by atoms with Crippen molar-refractivity contribution >= 4 is 45.7 Å². The molecule has 0 radical (unpaired) electrons. The van der Waals surface area contributed by atoms with Crippen molar-refractivity contribution in [2.24, 2.45) is 5.92 Å². The Morgan fingerprint density at radius 2 is 2.22 bits per heavy atom. The van der Waals surface area contributed by atoms with E-state index in [1.807, 2.05) is 0 Å². The number of nitrogens with one attached hydrogen (secondary N) is 2. The van der Waals surface area contributed by atoms with Crippen molar-refractivity contribution in [1.82, 2.24) is 15.0 Å². The summed E-state index contributed by atoms with van der Waals surface area (Å²) in [5.41, 5.74) is -1.69. The molecule has 12 heteroatoms. The Kier molecular flexibility index (Phi) is 4.18. The number of carbonyl (C=O) groups is 1. The van der Waals surface area contributed by atoms with Crippen LogP contribution in [0.2, 0.25) is 5.15 Å². The third-order valence-corrected chi connectivity index (χ3v) is 6.05. The van der Waals surface area contributed by atoms with Crippen LogP contribution in [0.3, 0.4) is 0 Å². The number of fused-ring (bicyclic) bond motifs is 1. The molecule has 2 aromatic rings. The molecule has 2 N–H and O–H groups in total. The molecule has 0 amide bonds. The molecule has 1 saturated carbocycles. The molecule has 0 aromatic carbocycles. The molecule has 27 heavy (non-hydrogen) atoms. The van der Waals surface area contributed by atoms with E-state index in [4.69, 9.17) is 16.3 Å². The van der Waals surface area contributed by atoms with Gasteiger partial charge in [-0.1, -0.05) is 22.9 Å². The Morgan fingerprint density at radius 1 is 1.44 bits per heavy atom. The van der Waals surface area contributed by atoms with E-state index in [1.165, 1.54) is 0 Å². The first-order valence-electron chi connectivity index (χ1n) is 8.05. The zero-order chi connectivity index (χ0) is 19.4. The first-order valence-corrected chi connectivity index (χ1v) is 9.24. The van der Waals surface area contributed by atoms with E-state index in [-0.39, 0.29) is 35.4 Å². The fourth-order valence-corrected chi connectivity index (χ4v) is 4.47. The molecular formula is C15H13ClF3N5O2S. The third-order valence-electron chi connectivity index (χ3n) is 4.52. The van der Waals surface area contributed by atoms with Crippen LogP contribution >= 0.6 is 22.9 Å². The van der Waals surface area contributed by atoms with E-state index in [0.717, 1.165) is 11.3 Å². The lowest BCUT2D eigenvalue weighted by molar-refractivity contribution is -0.142. The Labute approximate surface area is 160 Å². The molecule has 3 heterocycles. The van der Waals surface area contributed by atoms with E-state index >= 15 is 0 Å². The quantitative estimate of drug-likeness (QED) is 0.716. The van der Waals surface area contributed by atoms with Crippen molar-refractivity contribution in [3.63, 3.8) is 0 Å². The lowest BCUT2D eigenvalue weighted by atomic mass is 10.1. The minimum atomic E-state index is -4.58. The van der Waals surface area contributed by atoms with Gasteiger partial charge in [0.25, 0.3) is 0 Å². The van der Waals surface area contributed by atoms with Gasteiger partial charge in [-0.3, -0.25) is 4.79 Å². The summed E-state index contributed by atoms with van der Waals surface area (Å²) >= 11 is 7.29.